The van der Waals surface area contributed by atoms with Gasteiger partial charge in [-0.05, 0) is 62.9 Å². The Labute approximate surface area is 285 Å². The van der Waals surface area contributed by atoms with E-state index in [2.05, 4.69) is 47.8 Å². The lowest BCUT2D eigenvalue weighted by Gasteiger charge is -2.40. The molecule has 3 heterocycles. The van der Waals surface area contributed by atoms with Crippen LogP contribution in [0.25, 0.3) is 0 Å². The second kappa shape index (κ2) is 14.8. The van der Waals surface area contributed by atoms with Crippen molar-refractivity contribution in [2.75, 3.05) is 42.6 Å². The molecule has 3 aliphatic heterocycles. The van der Waals surface area contributed by atoms with Gasteiger partial charge in [-0.15, -0.1) is 24.9 Å². The van der Waals surface area contributed by atoms with Crippen LogP contribution in [0.5, 0.6) is 0 Å². The van der Waals surface area contributed by atoms with Crippen LogP contribution in [0.1, 0.15) is 32.3 Å². The molecule has 5 rings (SSSR count). The molecule has 0 aliphatic carbocycles. The van der Waals surface area contributed by atoms with Crippen LogP contribution in [-0.2, 0) is 25.5 Å². The number of benzene rings is 2. The fourth-order valence-corrected chi connectivity index (χ4v) is 11.1. The zero-order valence-corrected chi connectivity index (χ0v) is 29.0. The number of carbonyl (C=O) groups is 3. The molecule has 7 atom stereocenters. The van der Waals surface area contributed by atoms with Gasteiger partial charge in [-0.25, -0.2) is 0 Å². The molecule has 10 heteroatoms. The first-order valence-electron chi connectivity index (χ1n) is 16.1. The van der Waals surface area contributed by atoms with Crippen molar-refractivity contribution in [2.24, 2.45) is 11.8 Å². The van der Waals surface area contributed by atoms with Gasteiger partial charge >= 0.3 is 5.97 Å². The highest BCUT2D eigenvalue weighted by Gasteiger charge is 2.76. The van der Waals surface area contributed by atoms with Gasteiger partial charge in [-0.3, -0.25) is 14.4 Å². The summed E-state index contributed by atoms with van der Waals surface area (Å²) >= 11 is 5.38. The van der Waals surface area contributed by atoms with Gasteiger partial charge in [0, 0.05) is 41.1 Å². The number of ether oxygens (including phenoxy) is 1. The molecule has 0 radical (unpaired) electrons. The molecule has 2 aromatic rings. The second-order valence-corrected chi connectivity index (χ2v) is 14.8. The minimum absolute atomic E-state index is 0.0864. The van der Waals surface area contributed by atoms with Gasteiger partial charge in [-0.1, -0.05) is 58.4 Å². The van der Waals surface area contributed by atoms with Crippen molar-refractivity contribution in [1.29, 1.82) is 0 Å². The third-order valence-electron chi connectivity index (χ3n) is 9.59. The number of carbonyl (C=O) groups excluding carboxylic acids is 3. The number of aliphatic hydroxyl groups excluding tert-OH is 1. The fourth-order valence-electron chi connectivity index (χ4n) is 7.52. The third-order valence-corrected chi connectivity index (χ3v) is 12.8. The summed E-state index contributed by atoms with van der Waals surface area (Å²) in [6.07, 6.45) is 4.79. The Bertz CT molecular complexity index is 1420. The van der Waals surface area contributed by atoms with Crippen molar-refractivity contribution in [3.05, 3.63) is 85.5 Å². The van der Waals surface area contributed by atoms with Crippen molar-refractivity contribution < 1.29 is 24.2 Å². The Morgan fingerprint density at radius 3 is 2.39 bits per heavy atom. The fraction of sp³-hybridized carbons (Fsp3) is 0.472. The minimum Gasteiger partial charge on any atom is -0.465 e. The molecule has 46 heavy (non-hydrogen) atoms. The van der Waals surface area contributed by atoms with Gasteiger partial charge in [0.1, 0.15) is 6.04 Å². The van der Waals surface area contributed by atoms with E-state index in [0.717, 1.165) is 24.3 Å². The molecule has 2 aromatic carbocycles. The SMILES string of the molecule is C=CCCOC(=O)[C@H]1[C@H]2C(=O)N([C@@H](CO)Cc3ccccc3)C(C(=O)N(CC=C)c3ccc(N(CC)CC)cc3)C23CC(Br)[C@@H]1S3. The summed E-state index contributed by atoms with van der Waals surface area (Å²) in [5.41, 5.74) is 2.70. The Morgan fingerprint density at radius 1 is 1.11 bits per heavy atom. The van der Waals surface area contributed by atoms with E-state index in [4.69, 9.17) is 4.74 Å². The molecule has 8 nitrogen and oxygen atoms in total. The molecule has 2 bridgehead atoms. The van der Waals surface area contributed by atoms with Crippen LogP contribution in [0.4, 0.5) is 11.4 Å². The number of thioether (sulfide) groups is 1. The van der Waals surface area contributed by atoms with Gasteiger partial charge in [0.05, 0.1) is 35.8 Å². The molecule has 246 valence electrons. The molecular weight excluding hydrogens is 666 g/mol. The molecule has 0 saturated carbocycles. The van der Waals surface area contributed by atoms with E-state index in [1.807, 2.05) is 54.6 Å². The third kappa shape index (κ3) is 6.16. The lowest BCUT2D eigenvalue weighted by molar-refractivity contribution is -0.154. The molecule has 0 aromatic heterocycles. The Hall–Kier alpha value is -3.08. The number of hydrogen-bond acceptors (Lipinski definition) is 7. The summed E-state index contributed by atoms with van der Waals surface area (Å²) in [5, 5.41) is 10.6. The van der Waals surface area contributed by atoms with Gasteiger partial charge in [0.2, 0.25) is 5.91 Å². The summed E-state index contributed by atoms with van der Waals surface area (Å²) < 4.78 is 4.79. The average molecular weight is 711 g/mol. The average Bonchev–Trinajstić information content (AvgIpc) is 3.67. The molecule has 3 unspecified atom stereocenters. The molecule has 2 amide bonds. The molecule has 3 saturated heterocycles. The van der Waals surface area contributed by atoms with E-state index in [1.54, 1.807) is 33.7 Å². The first-order chi connectivity index (χ1) is 22.3. The van der Waals surface area contributed by atoms with Gasteiger partial charge < -0.3 is 24.5 Å². The van der Waals surface area contributed by atoms with Crippen molar-refractivity contribution in [3.63, 3.8) is 0 Å². The first-order valence-corrected chi connectivity index (χ1v) is 17.9. The lowest BCUT2D eigenvalue weighted by Crippen LogP contribution is -2.58. The number of fused-ring (bicyclic) bond motifs is 1. The van der Waals surface area contributed by atoms with Crippen LogP contribution in [0.2, 0.25) is 0 Å². The van der Waals surface area contributed by atoms with E-state index in [-0.39, 0.29) is 41.6 Å². The maximum atomic E-state index is 15.1. The highest BCUT2D eigenvalue weighted by molar-refractivity contribution is 9.09. The van der Waals surface area contributed by atoms with Gasteiger partial charge in [-0.2, -0.15) is 0 Å². The number of likely N-dealkylation sites (tertiary alicyclic amines) is 1. The lowest BCUT2D eigenvalue weighted by atomic mass is 9.71. The van der Waals surface area contributed by atoms with E-state index in [1.165, 1.54) is 0 Å². The van der Waals surface area contributed by atoms with Gasteiger partial charge in [0.15, 0.2) is 0 Å². The predicted octanol–water partition coefficient (Wildman–Crippen LogP) is 5.24. The number of halogens is 1. The zero-order valence-electron chi connectivity index (χ0n) is 26.6. The topological polar surface area (TPSA) is 90.4 Å². The summed E-state index contributed by atoms with van der Waals surface area (Å²) in [6.45, 7) is 13.7. The van der Waals surface area contributed by atoms with E-state index >= 15 is 4.79 Å². The van der Waals surface area contributed by atoms with Crippen LogP contribution >= 0.6 is 27.7 Å². The summed E-state index contributed by atoms with van der Waals surface area (Å²) in [6, 6.07) is 16.0. The number of alkyl halides is 1. The normalized spacial score (nSPS) is 26.8. The molecule has 3 aliphatic rings. The van der Waals surface area contributed by atoms with E-state index in [0.29, 0.717) is 24.9 Å². The summed E-state index contributed by atoms with van der Waals surface area (Å²) in [7, 11) is 0. The van der Waals surface area contributed by atoms with Gasteiger partial charge in [0.25, 0.3) is 5.91 Å². The number of hydrogen-bond donors (Lipinski definition) is 1. The van der Waals surface area contributed by atoms with Crippen molar-refractivity contribution >= 4 is 56.9 Å². The Kier molecular flexibility index (Phi) is 11.0. The highest BCUT2D eigenvalue weighted by Crippen LogP contribution is 2.68. The zero-order chi connectivity index (χ0) is 33.0. The van der Waals surface area contributed by atoms with Crippen LogP contribution in [0.15, 0.2) is 79.9 Å². The van der Waals surface area contributed by atoms with Crippen molar-refractivity contribution in [1.82, 2.24) is 4.90 Å². The maximum Gasteiger partial charge on any atom is 0.310 e. The predicted molar refractivity (Wildman–Crippen MR) is 188 cm³/mol. The van der Waals surface area contributed by atoms with Crippen LogP contribution in [0.3, 0.4) is 0 Å². The first kappa shape index (κ1) is 34.3. The molecule has 1 spiro atoms. The monoisotopic (exact) mass is 709 g/mol. The standard InChI is InChI=1S/C36H44BrN3O5S/c1-5-9-20-45-35(44)29-30-33(42)40(27(23-41)21-24-13-11-10-12-14-24)32(36(30)22-28(37)31(29)46-36)34(43)39(19-6-2)26-17-15-25(16-18-26)38(7-3)8-4/h5-6,10-18,27-32,41H,1-2,7-9,19-23H2,3-4H3/t27-,28?,29+,30+,31+,32?,36?/m1/s1. The molecular formula is C36H44BrN3O5S. The summed E-state index contributed by atoms with van der Waals surface area (Å²) in [5.74, 6) is -2.40. The number of aliphatic hydroxyl groups is 1. The Balaban J connectivity index is 1.58. The van der Waals surface area contributed by atoms with Crippen molar-refractivity contribution in [2.45, 2.75) is 60.0 Å². The van der Waals surface area contributed by atoms with Crippen LogP contribution in [0, 0.1) is 11.8 Å². The number of amides is 2. The highest BCUT2D eigenvalue weighted by atomic mass is 79.9. The molecule has 3 fully saturated rings. The largest absolute Gasteiger partial charge is 0.465 e. The van der Waals surface area contributed by atoms with Crippen molar-refractivity contribution in [3.8, 4) is 0 Å². The minimum atomic E-state index is -0.908. The quantitative estimate of drug-likeness (QED) is 0.117. The number of esters is 1. The van der Waals surface area contributed by atoms with E-state index < -0.39 is 34.6 Å². The van der Waals surface area contributed by atoms with Crippen LogP contribution in [-0.4, -0.2) is 87.5 Å². The van der Waals surface area contributed by atoms with E-state index in [9.17, 15) is 14.7 Å². The number of nitrogens with zero attached hydrogens (tertiary/aromatic N) is 3. The summed E-state index contributed by atoms with van der Waals surface area (Å²) in [4.78, 5) is 48.8. The van der Waals surface area contributed by atoms with Crippen LogP contribution < -0.4 is 9.80 Å². The number of anilines is 2. The molecule has 1 N–H and O–H groups in total. The maximum absolute atomic E-state index is 15.1. The number of rotatable bonds is 15. The smallest absolute Gasteiger partial charge is 0.310 e. The second-order valence-electron chi connectivity index (χ2n) is 12.1. The Morgan fingerprint density at radius 2 is 1.78 bits per heavy atom.